The van der Waals surface area contributed by atoms with Crippen LogP contribution >= 0.6 is 0 Å². The predicted octanol–water partition coefficient (Wildman–Crippen LogP) is 6.77. The Hall–Kier alpha value is -2.12. The van der Waals surface area contributed by atoms with E-state index in [0.29, 0.717) is 5.92 Å². The van der Waals surface area contributed by atoms with Crippen molar-refractivity contribution in [3.05, 3.63) is 95.1 Å². The normalized spacial score (nSPS) is 15.1. The number of rotatable bonds is 10. The van der Waals surface area contributed by atoms with Crippen LogP contribution in [0.15, 0.2) is 89.6 Å². The molecule has 0 aliphatic rings. The van der Waals surface area contributed by atoms with Crippen LogP contribution in [0.1, 0.15) is 46.6 Å². The SMILES string of the molecule is C=CC(/C=C\C=C(/C)CC)=C(C)\C=C(/C)C(C)CNCc1ccccc1. The molecule has 1 aromatic carbocycles. The molecule has 0 heterocycles. The van der Waals surface area contributed by atoms with Crippen molar-refractivity contribution < 1.29 is 0 Å². The summed E-state index contributed by atoms with van der Waals surface area (Å²) in [6.07, 6.45) is 11.7. The lowest BCUT2D eigenvalue weighted by molar-refractivity contribution is 0.571. The molecular formula is C25H35N. The van der Waals surface area contributed by atoms with Crippen molar-refractivity contribution in [3.8, 4) is 0 Å². The molecule has 1 unspecified atom stereocenters. The van der Waals surface area contributed by atoms with Gasteiger partial charge in [-0.3, -0.25) is 0 Å². The Kier molecular flexibility index (Phi) is 10.3. The zero-order valence-corrected chi connectivity index (χ0v) is 17.2. The van der Waals surface area contributed by atoms with Gasteiger partial charge < -0.3 is 5.32 Å². The van der Waals surface area contributed by atoms with Gasteiger partial charge in [0, 0.05) is 13.1 Å². The van der Waals surface area contributed by atoms with Gasteiger partial charge in [-0.25, -0.2) is 0 Å². The first-order valence-corrected chi connectivity index (χ1v) is 9.57. The molecule has 0 aliphatic carbocycles. The Morgan fingerprint density at radius 2 is 1.85 bits per heavy atom. The molecule has 0 aromatic heterocycles. The Morgan fingerprint density at radius 1 is 1.15 bits per heavy atom. The summed E-state index contributed by atoms with van der Waals surface area (Å²) in [5.41, 5.74) is 6.52. The third-order valence-electron chi connectivity index (χ3n) is 4.73. The molecule has 0 spiro atoms. The van der Waals surface area contributed by atoms with E-state index in [1.165, 1.54) is 27.9 Å². The Bertz CT molecular complexity index is 671. The van der Waals surface area contributed by atoms with Crippen LogP contribution in [0.4, 0.5) is 0 Å². The van der Waals surface area contributed by atoms with E-state index in [1.54, 1.807) is 0 Å². The number of hydrogen-bond donors (Lipinski definition) is 1. The highest BCUT2D eigenvalue weighted by Crippen LogP contribution is 2.16. The maximum absolute atomic E-state index is 3.96. The minimum Gasteiger partial charge on any atom is -0.312 e. The maximum atomic E-state index is 3.96. The van der Waals surface area contributed by atoms with Gasteiger partial charge >= 0.3 is 0 Å². The molecule has 1 rings (SSSR count). The standard InChI is InChI=1S/C25H35N/c1-7-20(3)13-12-16-25(8-2)22(5)17-21(4)23(6)18-26-19-24-14-10-9-11-15-24/h8-17,23,26H,2,7,18-19H2,1,3-6H3/b16-12-,20-13+,21-17+,25-22+. The van der Waals surface area contributed by atoms with E-state index in [2.05, 4.69) is 101 Å². The lowest BCUT2D eigenvalue weighted by Gasteiger charge is -2.14. The number of hydrogen-bond acceptors (Lipinski definition) is 1. The fraction of sp³-hybridized carbons (Fsp3) is 0.360. The van der Waals surface area contributed by atoms with E-state index in [1.807, 2.05) is 6.08 Å². The van der Waals surface area contributed by atoms with Crippen LogP contribution in [0.25, 0.3) is 0 Å². The van der Waals surface area contributed by atoms with Gasteiger partial charge in [0.1, 0.15) is 0 Å². The predicted molar refractivity (Wildman–Crippen MR) is 117 cm³/mol. The third kappa shape index (κ3) is 8.31. The lowest BCUT2D eigenvalue weighted by atomic mass is 9.98. The minimum absolute atomic E-state index is 0.492. The Labute approximate surface area is 160 Å². The van der Waals surface area contributed by atoms with Gasteiger partial charge in [-0.15, -0.1) is 0 Å². The van der Waals surface area contributed by atoms with Gasteiger partial charge in [-0.2, -0.15) is 0 Å². The monoisotopic (exact) mass is 349 g/mol. The van der Waals surface area contributed by atoms with Crippen LogP contribution < -0.4 is 5.32 Å². The minimum atomic E-state index is 0.492. The van der Waals surface area contributed by atoms with Crippen molar-refractivity contribution in [2.75, 3.05) is 6.54 Å². The van der Waals surface area contributed by atoms with Crippen LogP contribution in [0.5, 0.6) is 0 Å². The summed E-state index contributed by atoms with van der Waals surface area (Å²) in [4.78, 5) is 0. The van der Waals surface area contributed by atoms with Gasteiger partial charge in [-0.1, -0.05) is 92.3 Å². The molecule has 1 heteroatoms. The highest BCUT2D eigenvalue weighted by atomic mass is 14.9. The summed E-state index contributed by atoms with van der Waals surface area (Å²) in [6.45, 7) is 16.8. The molecule has 0 saturated heterocycles. The van der Waals surface area contributed by atoms with Crippen LogP contribution in [0.2, 0.25) is 0 Å². The number of allylic oxidation sites excluding steroid dienone is 8. The number of benzene rings is 1. The van der Waals surface area contributed by atoms with E-state index < -0.39 is 0 Å². The summed E-state index contributed by atoms with van der Waals surface area (Å²) in [5.74, 6) is 0.492. The average Bonchev–Trinajstić information content (AvgIpc) is 2.65. The van der Waals surface area contributed by atoms with Gasteiger partial charge in [0.2, 0.25) is 0 Å². The van der Waals surface area contributed by atoms with E-state index in [-0.39, 0.29) is 0 Å². The van der Waals surface area contributed by atoms with Crippen LogP contribution in [0.3, 0.4) is 0 Å². The van der Waals surface area contributed by atoms with Gasteiger partial charge in [0.25, 0.3) is 0 Å². The molecule has 0 bridgehead atoms. The van der Waals surface area contributed by atoms with E-state index >= 15 is 0 Å². The molecule has 140 valence electrons. The van der Waals surface area contributed by atoms with Gasteiger partial charge in [0.15, 0.2) is 0 Å². The van der Waals surface area contributed by atoms with Crippen molar-refractivity contribution in [3.63, 3.8) is 0 Å². The maximum Gasteiger partial charge on any atom is 0.0205 e. The highest BCUT2D eigenvalue weighted by Gasteiger charge is 2.05. The largest absolute Gasteiger partial charge is 0.312 e. The first-order chi connectivity index (χ1) is 12.5. The van der Waals surface area contributed by atoms with E-state index in [4.69, 9.17) is 0 Å². The second kappa shape index (κ2) is 12.3. The van der Waals surface area contributed by atoms with Crippen molar-refractivity contribution >= 4 is 0 Å². The Balaban J connectivity index is 2.67. The van der Waals surface area contributed by atoms with Crippen LogP contribution in [0, 0.1) is 5.92 Å². The molecule has 0 fully saturated rings. The fourth-order valence-corrected chi connectivity index (χ4v) is 2.55. The lowest BCUT2D eigenvalue weighted by Crippen LogP contribution is -2.21. The fourth-order valence-electron chi connectivity index (χ4n) is 2.55. The van der Waals surface area contributed by atoms with Gasteiger partial charge in [0.05, 0.1) is 0 Å². The second-order valence-electron chi connectivity index (χ2n) is 6.97. The molecule has 1 nitrogen and oxygen atoms in total. The average molecular weight is 350 g/mol. The zero-order chi connectivity index (χ0) is 19.4. The first kappa shape index (κ1) is 21.9. The smallest absolute Gasteiger partial charge is 0.0205 e. The van der Waals surface area contributed by atoms with Crippen molar-refractivity contribution in [2.24, 2.45) is 5.92 Å². The summed E-state index contributed by atoms with van der Waals surface area (Å²) in [5, 5.41) is 3.55. The molecule has 1 aromatic rings. The third-order valence-corrected chi connectivity index (χ3v) is 4.73. The molecule has 1 N–H and O–H groups in total. The second-order valence-corrected chi connectivity index (χ2v) is 6.97. The van der Waals surface area contributed by atoms with Crippen molar-refractivity contribution in [1.29, 1.82) is 0 Å². The van der Waals surface area contributed by atoms with Gasteiger partial charge in [-0.05, 0) is 49.8 Å². The topological polar surface area (TPSA) is 12.0 Å². The van der Waals surface area contributed by atoms with Crippen molar-refractivity contribution in [1.82, 2.24) is 5.32 Å². The molecule has 1 atom stereocenters. The van der Waals surface area contributed by atoms with E-state index in [9.17, 15) is 0 Å². The molecule has 0 amide bonds. The quantitative estimate of drug-likeness (QED) is 0.459. The summed E-state index contributed by atoms with van der Waals surface area (Å²) >= 11 is 0. The summed E-state index contributed by atoms with van der Waals surface area (Å²) in [6, 6.07) is 10.5. The van der Waals surface area contributed by atoms with E-state index in [0.717, 1.165) is 19.5 Å². The van der Waals surface area contributed by atoms with Crippen LogP contribution in [-0.4, -0.2) is 6.54 Å². The molecule has 0 aliphatic heterocycles. The molecule has 0 saturated carbocycles. The summed E-state index contributed by atoms with van der Waals surface area (Å²) < 4.78 is 0. The molecule has 26 heavy (non-hydrogen) atoms. The number of nitrogens with one attached hydrogen (secondary N) is 1. The molecular weight excluding hydrogens is 314 g/mol. The first-order valence-electron chi connectivity index (χ1n) is 9.57. The molecule has 0 radical (unpaired) electrons. The van der Waals surface area contributed by atoms with Crippen LogP contribution in [-0.2, 0) is 6.54 Å². The van der Waals surface area contributed by atoms with Crippen molar-refractivity contribution in [2.45, 2.75) is 47.6 Å². The Morgan fingerprint density at radius 3 is 2.46 bits per heavy atom. The summed E-state index contributed by atoms with van der Waals surface area (Å²) in [7, 11) is 0. The highest BCUT2D eigenvalue weighted by molar-refractivity contribution is 5.41. The zero-order valence-electron chi connectivity index (χ0n) is 17.2.